The summed E-state index contributed by atoms with van der Waals surface area (Å²) in [6.07, 6.45) is 2.82. The van der Waals surface area contributed by atoms with Gasteiger partial charge in [0.25, 0.3) is 0 Å². The Morgan fingerprint density at radius 2 is 1.50 bits per heavy atom. The van der Waals surface area contributed by atoms with E-state index in [0.29, 0.717) is 24.6 Å². The quantitative estimate of drug-likeness (QED) is 0.786. The zero-order valence-corrected chi connectivity index (χ0v) is 14.3. The van der Waals surface area contributed by atoms with E-state index in [0.717, 1.165) is 37.9 Å². The van der Waals surface area contributed by atoms with Crippen molar-refractivity contribution in [2.75, 3.05) is 33.9 Å². The van der Waals surface area contributed by atoms with E-state index in [9.17, 15) is 9.59 Å². The number of carbonyl (C=O) groups excluding carboxylic acids is 2. The molecule has 6 heteroatoms. The Labute approximate surface area is 142 Å². The Bertz CT molecular complexity index is 638. The molecule has 2 amide bonds. The van der Waals surface area contributed by atoms with Crippen LogP contribution in [0.3, 0.4) is 0 Å². The van der Waals surface area contributed by atoms with Crippen LogP contribution in [0.15, 0.2) is 12.1 Å². The molecule has 0 unspecified atom stereocenters. The van der Waals surface area contributed by atoms with Gasteiger partial charge in [-0.15, -0.1) is 0 Å². The van der Waals surface area contributed by atoms with Crippen LogP contribution in [-0.2, 0) is 22.6 Å². The maximum absolute atomic E-state index is 12.5. The fourth-order valence-corrected chi connectivity index (χ4v) is 3.42. The number of benzene rings is 1. The summed E-state index contributed by atoms with van der Waals surface area (Å²) in [4.78, 5) is 28.2. The van der Waals surface area contributed by atoms with Gasteiger partial charge in [-0.2, -0.15) is 0 Å². The average Bonchev–Trinajstić information content (AvgIpc) is 3.14. The van der Waals surface area contributed by atoms with Crippen molar-refractivity contribution in [3.63, 3.8) is 0 Å². The van der Waals surface area contributed by atoms with Crippen molar-refractivity contribution in [1.82, 2.24) is 9.80 Å². The van der Waals surface area contributed by atoms with Gasteiger partial charge < -0.3 is 19.3 Å². The highest BCUT2D eigenvalue weighted by Gasteiger charge is 2.26. The molecule has 1 saturated heterocycles. The third-order valence-electron chi connectivity index (χ3n) is 4.83. The number of hydrogen-bond donors (Lipinski definition) is 0. The Morgan fingerprint density at radius 1 is 0.917 bits per heavy atom. The van der Waals surface area contributed by atoms with Gasteiger partial charge in [0.05, 0.1) is 14.2 Å². The van der Waals surface area contributed by atoms with E-state index in [1.54, 1.807) is 24.0 Å². The lowest BCUT2D eigenvalue weighted by atomic mass is 9.98. The fourth-order valence-electron chi connectivity index (χ4n) is 3.42. The maximum atomic E-state index is 12.5. The number of hydrogen-bond acceptors (Lipinski definition) is 4. The SMILES string of the molecule is COc1cc2c(cc1OC)CN(C(=O)CC(=O)N1CCCC1)CC2. The number of amides is 2. The van der Waals surface area contributed by atoms with Gasteiger partial charge >= 0.3 is 0 Å². The molecule has 0 atom stereocenters. The number of methoxy groups -OCH3 is 2. The zero-order valence-electron chi connectivity index (χ0n) is 14.3. The summed E-state index contributed by atoms with van der Waals surface area (Å²) in [5.74, 6) is 1.24. The number of nitrogens with zero attached hydrogens (tertiary/aromatic N) is 2. The molecule has 3 rings (SSSR count). The first kappa shape index (κ1) is 16.6. The number of carbonyl (C=O) groups is 2. The molecule has 0 bridgehead atoms. The van der Waals surface area contributed by atoms with E-state index in [-0.39, 0.29) is 18.2 Å². The minimum Gasteiger partial charge on any atom is -0.493 e. The van der Waals surface area contributed by atoms with E-state index >= 15 is 0 Å². The van der Waals surface area contributed by atoms with Crippen LogP contribution in [0.4, 0.5) is 0 Å². The van der Waals surface area contributed by atoms with E-state index in [1.165, 1.54) is 5.56 Å². The molecule has 1 aromatic carbocycles. The van der Waals surface area contributed by atoms with Crippen LogP contribution in [-0.4, -0.2) is 55.5 Å². The van der Waals surface area contributed by atoms with E-state index < -0.39 is 0 Å². The van der Waals surface area contributed by atoms with Crippen LogP contribution in [0, 0.1) is 0 Å². The fraction of sp³-hybridized carbons (Fsp3) is 0.556. The second kappa shape index (κ2) is 7.11. The van der Waals surface area contributed by atoms with Gasteiger partial charge in [-0.05, 0) is 42.5 Å². The van der Waals surface area contributed by atoms with Crippen LogP contribution in [0.5, 0.6) is 11.5 Å². The average molecular weight is 332 g/mol. The minimum absolute atomic E-state index is 0.0252. The number of fused-ring (bicyclic) bond motifs is 1. The lowest BCUT2D eigenvalue weighted by Gasteiger charge is -2.30. The van der Waals surface area contributed by atoms with Gasteiger partial charge in [-0.1, -0.05) is 0 Å². The van der Waals surface area contributed by atoms with Gasteiger partial charge in [-0.25, -0.2) is 0 Å². The van der Waals surface area contributed by atoms with Crippen LogP contribution in [0.2, 0.25) is 0 Å². The highest BCUT2D eigenvalue weighted by atomic mass is 16.5. The van der Waals surface area contributed by atoms with Gasteiger partial charge in [0, 0.05) is 26.2 Å². The summed E-state index contributed by atoms with van der Waals surface area (Å²) >= 11 is 0. The minimum atomic E-state index is -0.0904. The topological polar surface area (TPSA) is 59.1 Å². The Hall–Kier alpha value is -2.24. The first-order valence-electron chi connectivity index (χ1n) is 8.41. The predicted octanol–water partition coefficient (Wildman–Crippen LogP) is 1.60. The van der Waals surface area contributed by atoms with E-state index in [4.69, 9.17) is 9.47 Å². The lowest BCUT2D eigenvalue weighted by Crippen LogP contribution is -2.39. The number of rotatable bonds is 4. The van der Waals surface area contributed by atoms with Crippen molar-refractivity contribution < 1.29 is 19.1 Å². The maximum Gasteiger partial charge on any atom is 0.232 e. The Morgan fingerprint density at radius 3 is 2.12 bits per heavy atom. The van der Waals surface area contributed by atoms with Crippen molar-refractivity contribution in [2.24, 2.45) is 0 Å². The lowest BCUT2D eigenvalue weighted by molar-refractivity contribution is -0.140. The van der Waals surface area contributed by atoms with E-state index in [2.05, 4.69) is 0 Å². The first-order valence-corrected chi connectivity index (χ1v) is 8.41. The summed E-state index contributed by atoms with van der Waals surface area (Å²) in [6.45, 7) is 2.72. The Kier molecular flexibility index (Phi) is 4.92. The molecule has 0 radical (unpaired) electrons. The molecule has 0 spiro atoms. The summed E-state index contributed by atoms with van der Waals surface area (Å²) in [6, 6.07) is 3.90. The normalized spacial score (nSPS) is 16.8. The van der Waals surface area contributed by atoms with E-state index in [1.807, 2.05) is 12.1 Å². The second-order valence-electron chi connectivity index (χ2n) is 6.31. The molecule has 1 aromatic rings. The predicted molar refractivity (Wildman–Crippen MR) is 89.1 cm³/mol. The molecule has 6 nitrogen and oxygen atoms in total. The van der Waals surface area contributed by atoms with Gasteiger partial charge in [0.1, 0.15) is 6.42 Å². The smallest absolute Gasteiger partial charge is 0.232 e. The summed E-state index contributed by atoms with van der Waals surface area (Å²) in [5, 5.41) is 0. The molecule has 2 aliphatic heterocycles. The highest BCUT2D eigenvalue weighted by molar-refractivity contribution is 5.97. The van der Waals surface area contributed by atoms with Crippen LogP contribution in [0.25, 0.3) is 0 Å². The molecule has 130 valence electrons. The van der Waals surface area contributed by atoms with Crippen molar-refractivity contribution >= 4 is 11.8 Å². The Balaban J connectivity index is 1.67. The molecular formula is C18H24N2O4. The molecule has 2 aliphatic rings. The summed E-state index contributed by atoms with van der Waals surface area (Å²) in [5.41, 5.74) is 2.23. The largest absolute Gasteiger partial charge is 0.493 e. The highest BCUT2D eigenvalue weighted by Crippen LogP contribution is 2.33. The molecule has 0 saturated carbocycles. The third-order valence-corrected chi connectivity index (χ3v) is 4.83. The molecule has 0 aromatic heterocycles. The molecule has 0 aliphatic carbocycles. The number of ether oxygens (including phenoxy) is 2. The molecule has 1 fully saturated rings. The van der Waals surface area contributed by atoms with Gasteiger partial charge in [0.2, 0.25) is 11.8 Å². The molecule has 0 N–H and O–H groups in total. The first-order chi connectivity index (χ1) is 11.6. The van der Waals surface area contributed by atoms with Crippen molar-refractivity contribution in [3.8, 4) is 11.5 Å². The van der Waals surface area contributed by atoms with Crippen LogP contribution >= 0.6 is 0 Å². The number of likely N-dealkylation sites (tertiary alicyclic amines) is 1. The molecular weight excluding hydrogens is 308 g/mol. The van der Waals surface area contributed by atoms with Gasteiger partial charge in [-0.3, -0.25) is 9.59 Å². The summed E-state index contributed by atoms with van der Waals surface area (Å²) in [7, 11) is 3.22. The van der Waals surface area contributed by atoms with Crippen molar-refractivity contribution in [2.45, 2.75) is 32.2 Å². The molecule has 2 heterocycles. The third kappa shape index (κ3) is 3.32. The summed E-state index contributed by atoms with van der Waals surface area (Å²) < 4.78 is 10.7. The van der Waals surface area contributed by atoms with Crippen LogP contribution < -0.4 is 9.47 Å². The zero-order chi connectivity index (χ0) is 17.1. The monoisotopic (exact) mass is 332 g/mol. The van der Waals surface area contributed by atoms with Crippen LogP contribution in [0.1, 0.15) is 30.4 Å². The second-order valence-corrected chi connectivity index (χ2v) is 6.31. The van der Waals surface area contributed by atoms with Crippen molar-refractivity contribution in [1.29, 1.82) is 0 Å². The van der Waals surface area contributed by atoms with Gasteiger partial charge in [0.15, 0.2) is 11.5 Å². The van der Waals surface area contributed by atoms with Crippen molar-refractivity contribution in [3.05, 3.63) is 23.3 Å². The molecule has 24 heavy (non-hydrogen) atoms. The standard InChI is InChI=1S/C18H24N2O4/c1-23-15-9-13-5-8-20(12-14(13)10-16(15)24-2)18(22)11-17(21)19-6-3-4-7-19/h9-10H,3-8,11-12H2,1-2H3.